The molecule has 0 aliphatic heterocycles. The molecule has 76 valence electrons. The topological polar surface area (TPSA) is 30.0 Å². The van der Waals surface area contributed by atoms with Crippen LogP contribution in [0.25, 0.3) is 11.1 Å². The average molecular weight is 217 g/mol. The van der Waals surface area contributed by atoms with E-state index < -0.39 is 0 Å². The Balaban J connectivity index is 2.40. The van der Waals surface area contributed by atoms with Crippen LogP contribution < -0.4 is 0 Å². The van der Waals surface area contributed by atoms with Crippen LogP contribution in [0.4, 0.5) is 0 Å². The Hall–Kier alpha value is -1.48. The average Bonchev–Trinajstić information content (AvgIpc) is 2.65. The molecule has 1 aromatic carbocycles. The lowest BCUT2D eigenvalue weighted by Crippen LogP contribution is -1.90. The number of ketones is 1. The van der Waals surface area contributed by atoms with Crippen LogP contribution in [-0.4, -0.2) is 10.2 Å². The maximum atomic E-state index is 11.1. The van der Waals surface area contributed by atoms with E-state index in [4.69, 9.17) is 0 Å². The number of carbonyl (C=O) groups excluding carboxylic acids is 1. The summed E-state index contributed by atoms with van der Waals surface area (Å²) in [6.07, 6.45) is 0. The van der Waals surface area contributed by atoms with E-state index in [2.05, 4.69) is 4.37 Å². The van der Waals surface area contributed by atoms with Crippen LogP contribution in [0.2, 0.25) is 0 Å². The summed E-state index contributed by atoms with van der Waals surface area (Å²) in [6, 6.07) is 7.64. The minimum Gasteiger partial charge on any atom is -0.295 e. The summed E-state index contributed by atoms with van der Waals surface area (Å²) in [5.74, 6) is 0.0988. The number of hydrogen-bond acceptors (Lipinski definition) is 3. The van der Waals surface area contributed by atoms with Gasteiger partial charge in [0.25, 0.3) is 0 Å². The van der Waals surface area contributed by atoms with Gasteiger partial charge in [0.2, 0.25) is 0 Å². The summed E-state index contributed by atoms with van der Waals surface area (Å²) in [7, 11) is 0. The lowest BCUT2D eigenvalue weighted by molar-refractivity contribution is 0.101. The molecule has 0 saturated heterocycles. The third-order valence-electron chi connectivity index (χ3n) is 2.35. The highest BCUT2D eigenvalue weighted by Gasteiger charge is 2.05. The smallest absolute Gasteiger partial charge is 0.159 e. The highest BCUT2D eigenvalue weighted by molar-refractivity contribution is 7.04. The molecular weight excluding hydrogens is 206 g/mol. The molecule has 0 saturated carbocycles. The van der Waals surface area contributed by atoms with E-state index in [1.807, 2.05) is 36.6 Å². The first-order chi connectivity index (χ1) is 7.18. The van der Waals surface area contributed by atoms with Gasteiger partial charge < -0.3 is 0 Å². The number of aryl methyl sites for hydroxylation is 1. The zero-order valence-corrected chi connectivity index (χ0v) is 9.47. The molecule has 0 N–H and O–H groups in total. The van der Waals surface area contributed by atoms with Crippen LogP contribution in [0.15, 0.2) is 29.6 Å². The van der Waals surface area contributed by atoms with Crippen LogP contribution in [0.1, 0.15) is 23.0 Å². The summed E-state index contributed by atoms with van der Waals surface area (Å²) in [6.45, 7) is 3.57. The summed E-state index contributed by atoms with van der Waals surface area (Å²) in [5, 5.41) is 2.03. The zero-order chi connectivity index (χ0) is 10.8. The van der Waals surface area contributed by atoms with Crippen LogP contribution in [0, 0.1) is 6.92 Å². The molecule has 0 bridgehead atoms. The van der Waals surface area contributed by atoms with Gasteiger partial charge >= 0.3 is 0 Å². The molecule has 0 atom stereocenters. The Morgan fingerprint density at radius 3 is 2.40 bits per heavy atom. The first-order valence-corrected chi connectivity index (χ1v) is 5.54. The largest absolute Gasteiger partial charge is 0.295 e. The third kappa shape index (κ3) is 1.97. The molecule has 0 aliphatic rings. The molecule has 0 radical (unpaired) electrons. The number of rotatable bonds is 2. The molecule has 0 fully saturated rings. The van der Waals surface area contributed by atoms with Gasteiger partial charge in [-0.3, -0.25) is 4.79 Å². The predicted octanol–water partition coefficient (Wildman–Crippen LogP) is 3.32. The normalized spacial score (nSPS) is 10.3. The Labute approximate surface area is 92.7 Å². The van der Waals surface area contributed by atoms with E-state index in [-0.39, 0.29) is 5.78 Å². The van der Waals surface area contributed by atoms with E-state index in [0.717, 1.165) is 22.4 Å². The van der Waals surface area contributed by atoms with Gasteiger partial charge in [-0.15, -0.1) is 0 Å². The van der Waals surface area contributed by atoms with Crippen LogP contribution in [-0.2, 0) is 0 Å². The summed E-state index contributed by atoms with van der Waals surface area (Å²) in [5.41, 5.74) is 4.05. The number of nitrogens with zero attached hydrogens (tertiary/aromatic N) is 1. The first kappa shape index (κ1) is 10.1. The molecule has 1 heterocycles. The second-order valence-corrected chi connectivity index (χ2v) is 4.08. The van der Waals surface area contributed by atoms with Crippen molar-refractivity contribution in [3.05, 3.63) is 40.9 Å². The molecule has 0 spiro atoms. The number of benzene rings is 1. The summed E-state index contributed by atoms with van der Waals surface area (Å²) < 4.78 is 4.23. The number of aromatic nitrogens is 1. The van der Waals surface area contributed by atoms with E-state index >= 15 is 0 Å². The second-order valence-electron chi connectivity index (χ2n) is 3.45. The molecular formula is C12H11NOS. The minimum atomic E-state index is 0.0988. The van der Waals surface area contributed by atoms with E-state index in [1.165, 1.54) is 11.5 Å². The Kier molecular flexibility index (Phi) is 2.64. The van der Waals surface area contributed by atoms with Crippen molar-refractivity contribution < 1.29 is 4.79 Å². The highest BCUT2D eigenvalue weighted by atomic mass is 32.1. The van der Waals surface area contributed by atoms with Gasteiger partial charge in [-0.2, -0.15) is 4.37 Å². The van der Waals surface area contributed by atoms with Crippen molar-refractivity contribution in [2.75, 3.05) is 0 Å². The summed E-state index contributed by atoms with van der Waals surface area (Å²) >= 11 is 1.45. The van der Waals surface area contributed by atoms with Crippen molar-refractivity contribution in [3.63, 3.8) is 0 Å². The fourth-order valence-electron chi connectivity index (χ4n) is 1.45. The molecule has 2 rings (SSSR count). The standard InChI is InChI=1S/C12H11NOS/c1-8-12(7-15-13-8)11-5-3-10(4-6-11)9(2)14/h3-7H,1-2H3. The van der Waals surface area contributed by atoms with Crippen molar-refractivity contribution in [3.8, 4) is 11.1 Å². The van der Waals surface area contributed by atoms with Gasteiger partial charge in [-0.25, -0.2) is 0 Å². The van der Waals surface area contributed by atoms with Crippen molar-refractivity contribution in [1.29, 1.82) is 0 Å². The number of hydrogen-bond donors (Lipinski definition) is 0. The molecule has 0 amide bonds. The molecule has 0 aliphatic carbocycles. The van der Waals surface area contributed by atoms with E-state index in [9.17, 15) is 4.79 Å². The van der Waals surface area contributed by atoms with Crippen LogP contribution in [0.5, 0.6) is 0 Å². The first-order valence-electron chi connectivity index (χ1n) is 4.71. The zero-order valence-electron chi connectivity index (χ0n) is 8.65. The lowest BCUT2D eigenvalue weighted by atomic mass is 10.0. The van der Waals surface area contributed by atoms with Crippen molar-refractivity contribution >= 4 is 17.3 Å². The maximum absolute atomic E-state index is 11.1. The molecule has 2 aromatic rings. The molecule has 15 heavy (non-hydrogen) atoms. The molecule has 1 aromatic heterocycles. The third-order valence-corrected chi connectivity index (χ3v) is 3.07. The Bertz CT molecular complexity index is 485. The SMILES string of the molecule is CC(=O)c1ccc(-c2csnc2C)cc1. The summed E-state index contributed by atoms with van der Waals surface area (Å²) in [4.78, 5) is 11.1. The predicted molar refractivity (Wildman–Crippen MR) is 62.3 cm³/mol. The minimum absolute atomic E-state index is 0.0988. The second kappa shape index (κ2) is 3.95. The number of Topliss-reactive ketones (excluding diaryl/α,β-unsaturated/α-hetero) is 1. The fraction of sp³-hybridized carbons (Fsp3) is 0.167. The maximum Gasteiger partial charge on any atom is 0.159 e. The van der Waals surface area contributed by atoms with E-state index in [0.29, 0.717) is 0 Å². The Morgan fingerprint density at radius 2 is 1.93 bits per heavy atom. The van der Waals surface area contributed by atoms with Crippen LogP contribution in [0.3, 0.4) is 0 Å². The van der Waals surface area contributed by atoms with Crippen LogP contribution >= 0.6 is 11.5 Å². The van der Waals surface area contributed by atoms with Crippen molar-refractivity contribution in [1.82, 2.24) is 4.37 Å². The monoisotopic (exact) mass is 217 g/mol. The van der Waals surface area contributed by atoms with Gasteiger partial charge in [-0.1, -0.05) is 24.3 Å². The van der Waals surface area contributed by atoms with Crippen molar-refractivity contribution in [2.24, 2.45) is 0 Å². The molecule has 0 unspecified atom stereocenters. The molecule has 2 nitrogen and oxygen atoms in total. The van der Waals surface area contributed by atoms with E-state index in [1.54, 1.807) is 6.92 Å². The van der Waals surface area contributed by atoms with Gasteiger partial charge in [0.1, 0.15) is 0 Å². The highest BCUT2D eigenvalue weighted by Crippen LogP contribution is 2.24. The van der Waals surface area contributed by atoms with Gasteiger partial charge in [0.15, 0.2) is 5.78 Å². The lowest BCUT2D eigenvalue weighted by Gasteiger charge is -2.00. The Morgan fingerprint density at radius 1 is 1.27 bits per heavy atom. The van der Waals surface area contributed by atoms with Crippen molar-refractivity contribution in [2.45, 2.75) is 13.8 Å². The number of carbonyl (C=O) groups is 1. The quantitative estimate of drug-likeness (QED) is 0.722. The van der Waals surface area contributed by atoms with Gasteiger partial charge in [0.05, 0.1) is 5.69 Å². The fourth-order valence-corrected chi connectivity index (χ4v) is 2.18. The van der Waals surface area contributed by atoms with Gasteiger partial charge in [-0.05, 0) is 30.9 Å². The van der Waals surface area contributed by atoms with Gasteiger partial charge in [0, 0.05) is 16.5 Å². The molecule has 3 heteroatoms.